The third-order valence-corrected chi connectivity index (χ3v) is 4.81. The zero-order chi connectivity index (χ0) is 14.8. The van der Waals surface area contributed by atoms with Gasteiger partial charge in [-0.3, -0.25) is 10.1 Å². The van der Waals surface area contributed by atoms with Crippen molar-refractivity contribution in [1.82, 2.24) is 10.2 Å². The average molecular weight is 327 g/mol. The highest BCUT2D eigenvalue weighted by atomic mass is 32.1. The topological polar surface area (TPSA) is 82.6 Å². The SMILES string of the molecule is COC(C)c1nnc(NC(=O)c2scc3c2OCCO3)s1. The van der Waals surface area contributed by atoms with Crippen LogP contribution in [0.2, 0.25) is 0 Å². The van der Waals surface area contributed by atoms with E-state index in [-0.39, 0.29) is 12.0 Å². The van der Waals surface area contributed by atoms with Crippen LogP contribution in [0.15, 0.2) is 5.38 Å². The maximum atomic E-state index is 12.3. The van der Waals surface area contributed by atoms with Crippen LogP contribution < -0.4 is 14.8 Å². The van der Waals surface area contributed by atoms with Crippen LogP contribution in [0.5, 0.6) is 11.5 Å². The van der Waals surface area contributed by atoms with Crippen molar-refractivity contribution in [3.05, 3.63) is 15.3 Å². The fourth-order valence-electron chi connectivity index (χ4n) is 1.72. The molecule has 7 nitrogen and oxygen atoms in total. The molecule has 0 saturated carbocycles. The number of rotatable bonds is 4. The van der Waals surface area contributed by atoms with E-state index in [1.807, 2.05) is 6.92 Å². The first kappa shape index (κ1) is 14.2. The van der Waals surface area contributed by atoms with Gasteiger partial charge < -0.3 is 14.2 Å². The first-order valence-corrected chi connectivity index (χ1v) is 7.93. The van der Waals surface area contributed by atoms with Crippen LogP contribution in [0, 0.1) is 0 Å². The molecule has 1 atom stereocenters. The van der Waals surface area contributed by atoms with Gasteiger partial charge in [0.25, 0.3) is 5.91 Å². The fraction of sp³-hybridized carbons (Fsp3) is 0.417. The highest BCUT2D eigenvalue weighted by Gasteiger charge is 2.24. The lowest BCUT2D eigenvalue weighted by molar-refractivity contribution is 0.102. The molecule has 0 bridgehead atoms. The Balaban J connectivity index is 1.74. The van der Waals surface area contributed by atoms with Gasteiger partial charge in [0, 0.05) is 12.5 Å². The quantitative estimate of drug-likeness (QED) is 0.928. The number of amides is 1. The summed E-state index contributed by atoms with van der Waals surface area (Å²) in [6.45, 7) is 2.81. The Kier molecular flexibility index (Phi) is 4.04. The van der Waals surface area contributed by atoms with Crippen LogP contribution in [-0.4, -0.2) is 36.4 Å². The molecule has 0 fully saturated rings. The van der Waals surface area contributed by atoms with Crippen LogP contribution in [0.1, 0.15) is 27.7 Å². The van der Waals surface area contributed by atoms with Crippen molar-refractivity contribution in [2.75, 3.05) is 25.6 Å². The van der Waals surface area contributed by atoms with E-state index in [0.717, 1.165) is 0 Å². The Labute approximate surface area is 128 Å². The van der Waals surface area contributed by atoms with Crippen LogP contribution >= 0.6 is 22.7 Å². The maximum absolute atomic E-state index is 12.3. The Morgan fingerprint density at radius 3 is 3.05 bits per heavy atom. The number of methoxy groups -OCH3 is 1. The average Bonchev–Trinajstić information content (AvgIpc) is 3.12. The van der Waals surface area contributed by atoms with Crippen molar-refractivity contribution in [3.63, 3.8) is 0 Å². The molecule has 2 aromatic heterocycles. The molecule has 3 heterocycles. The lowest BCUT2D eigenvalue weighted by Crippen LogP contribution is -2.17. The summed E-state index contributed by atoms with van der Waals surface area (Å²) < 4.78 is 16.1. The number of carbonyl (C=O) groups excluding carboxylic acids is 1. The molecule has 1 aliphatic rings. The number of carbonyl (C=O) groups is 1. The molecule has 21 heavy (non-hydrogen) atoms. The first-order chi connectivity index (χ1) is 10.2. The van der Waals surface area contributed by atoms with Crippen LogP contribution in [0.4, 0.5) is 5.13 Å². The van der Waals surface area contributed by atoms with Crippen molar-refractivity contribution in [2.45, 2.75) is 13.0 Å². The number of ether oxygens (including phenoxy) is 3. The number of aromatic nitrogens is 2. The number of anilines is 1. The molecule has 0 aromatic carbocycles. The van der Waals surface area contributed by atoms with E-state index in [1.54, 1.807) is 12.5 Å². The Bertz CT molecular complexity index is 655. The Hall–Kier alpha value is -1.71. The number of hydrogen-bond acceptors (Lipinski definition) is 8. The minimum Gasteiger partial charge on any atom is -0.485 e. The monoisotopic (exact) mass is 327 g/mol. The van der Waals surface area contributed by atoms with E-state index in [9.17, 15) is 4.79 Å². The van der Waals surface area contributed by atoms with Crippen molar-refractivity contribution < 1.29 is 19.0 Å². The number of fused-ring (bicyclic) bond motifs is 1. The van der Waals surface area contributed by atoms with E-state index in [1.165, 1.54) is 22.7 Å². The molecule has 112 valence electrons. The second kappa shape index (κ2) is 5.96. The lowest BCUT2D eigenvalue weighted by Gasteiger charge is -2.15. The molecule has 1 N–H and O–H groups in total. The molecule has 1 amide bonds. The molecule has 3 rings (SSSR count). The normalized spacial score (nSPS) is 14.8. The minimum absolute atomic E-state index is 0.153. The zero-order valence-electron chi connectivity index (χ0n) is 11.4. The van der Waals surface area contributed by atoms with E-state index >= 15 is 0 Å². The van der Waals surface area contributed by atoms with Gasteiger partial charge in [0.1, 0.15) is 29.2 Å². The summed E-state index contributed by atoms with van der Waals surface area (Å²) in [6.07, 6.45) is -0.153. The van der Waals surface area contributed by atoms with Crippen LogP contribution in [0.3, 0.4) is 0 Å². The third kappa shape index (κ3) is 2.85. The van der Waals surface area contributed by atoms with Gasteiger partial charge in [-0.2, -0.15) is 0 Å². The summed E-state index contributed by atoms with van der Waals surface area (Å²) in [5.74, 6) is 0.834. The first-order valence-electron chi connectivity index (χ1n) is 6.23. The molecule has 9 heteroatoms. The van der Waals surface area contributed by atoms with E-state index < -0.39 is 0 Å². The molecular weight excluding hydrogens is 314 g/mol. The second-order valence-corrected chi connectivity index (χ2v) is 6.12. The van der Waals surface area contributed by atoms with Crippen molar-refractivity contribution in [2.24, 2.45) is 0 Å². The second-order valence-electron chi connectivity index (χ2n) is 4.23. The molecule has 0 saturated heterocycles. The van der Waals surface area contributed by atoms with Crippen LogP contribution in [-0.2, 0) is 4.74 Å². The number of nitrogens with one attached hydrogen (secondary N) is 1. The standard InChI is InChI=1S/C12H13N3O4S2/c1-6(17-2)11-14-15-12(21-11)13-10(16)9-8-7(5-20-9)18-3-4-19-8/h5-6H,3-4H2,1-2H3,(H,13,15,16). The largest absolute Gasteiger partial charge is 0.485 e. The van der Waals surface area contributed by atoms with Gasteiger partial charge in [-0.1, -0.05) is 11.3 Å². The Morgan fingerprint density at radius 2 is 2.24 bits per heavy atom. The van der Waals surface area contributed by atoms with Crippen molar-refractivity contribution in [1.29, 1.82) is 0 Å². The van der Waals surface area contributed by atoms with E-state index in [4.69, 9.17) is 14.2 Å². The summed E-state index contributed by atoms with van der Waals surface area (Å²) in [7, 11) is 1.60. The number of thiophene rings is 1. The highest BCUT2D eigenvalue weighted by molar-refractivity contribution is 7.16. The molecule has 0 spiro atoms. The lowest BCUT2D eigenvalue weighted by atomic mass is 10.3. The van der Waals surface area contributed by atoms with Gasteiger partial charge in [0.05, 0.1) is 0 Å². The molecule has 0 radical (unpaired) electrons. The van der Waals surface area contributed by atoms with Crippen molar-refractivity contribution >= 4 is 33.7 Å². The number of nitrogens with zero attached hydrogens (tertiary/aromatic N) is 2. The highest BCUT2D eigenvalue weighted by Crippen LogP contribution is 2.39. The fourth-order valence-corrected chi connectivity index (χ4v) is 3.32. The summed E-state index contributed by atoms with van der Waals surface area (Å²) >= 11 is 2.56. The summed E-state index contributed by atoms with van der Waals surface area (Å²) in [6, 6.07) is 0. The van der Waals surface area contributed by atoms with Gasteiger partial charge >= 0.3 is 0 Å². The molecule has 2 aromatic rings. The maximum Gasteiger partial charge on any atom is 0.271 e. The molecule has 1 aliphatic heterocycles. The minimum atomic E-state index is -0.278. The summed E-state index contributed by atoms with van der Waals surface area (Å²) in [4.78, 5) is 12.7. The number of hydrogen-bond donors (Lipinski definition) is 1. The Morgan fingerprint density at radius 1 is 1.43 bits per heavy atom. The predicted molar refractivity (Wildman–Crippen MR) is 78.6 cm³/mol. The van der Waals surface area contributed by atoms with Gasteiger partial charge in [0.2, 0.25) is 5.13 Å². The van der Waals surface area contributed by atoms with Crippen LogP contribution in [0.25, 0.3) is 0 Å². The van der Waals surface area contributed by atoms with E-state index in [2.05, 4.69) is 15.5 Å². The zero-order valence-corrected chi connectivity index (χ0v) is 13.0. The van der Waals surface area contributed by atoms with Gasteiger partial charge in [-0.25, -0.2) is 0 Å². The van der Waals surface area contributed by atoms with Gasteiger partial charge in [0.15, 0.2) is 11.5 Å². The molecule has 0 aliphatic carbocycles. The predicted octanol–water partition coefficient (Wildman–Crippen LogP) is 2.33. The third-order valence-electron chi connectivity index (χ3n) is 2.87. The smallest absolute Gasteiger partial charge is 0.271 e. The van der Waals surface area contributed by atoms with Gasteiger partial charge in [-0.05, 0) is 6.92 Å². The van der Waals surface area contributed by atoms with E-state index in [0.29, 0.717) is 39.7 Å². The summed E-state index contributed by atoms with van der Waals surface area (Å²) in [5, 5.41) is 13.5. The summed E-state index contributed by atoms with van der Waals surface area (Å²) in [5.41, 5.74) is 0. The molecule has 1 unspecified atom stereocenters. The molecular formula is C12H13N3O4S2. The van der Waals surface area contributed by atoms with Gasteiger partial charge in [-0.15, -0.1) is 21.5 Å². The van der Waals surface area contributed by atoms with Crippen molar-refractivity contribution in [3.8, 4) is 11.5 Å².